The van der Waals surface area contributed by atoms with Crippen LogP contribution in [0.4, 0.5) is 5.82 Å². The number of aromatic nitrogens is 3. The average Bonchev–Trinajstić information content (AvgIpc) is 3.35. The second-order valence-corrected chi connectivity index (χ2v) is 7.45. The summed E-state index contributed by atoms with van der Waals surface area (Å²) >= 11 is 0. The lowest BCUT2D eigenvalue weighted by atomic mass is 9.76. The third-order valence-corrected chi connectivity index (χ3v) is 5.84. The Hall–Kier alpha value is -2.44. The average molecular weight is 348 g/mol. The zero-order chi connectivity index (χ0) is 17.3. The fraction of sp³-hybridized carbons (Fsp3) is 0.400. The molecule has 0 amide bonds. The van der Waals surface area contributed by atoms with Gasteiger partial charge in [-0.25, -0.2) is 4.98 Å². The van der Waals surface area contributed by atoms with Gasteiger partial charge in [-0.2, -0.15) is 0 Å². The van der Waals surface area contributed by atoms with Crippen molar-refractivity contribution in [3.8, 4) is 0 Å². The molecule has 4 N–H and O–H groups in total. The molecule has 6 nitrogen and oxygen atoms in total. The number of hydrazine groups is 1. The van der Waals surface area contributed by atoms with Crippen molar-refractivity contribution in [1.82, 2.24) is 25.8 Å². The first kappa shape index (κ1) is 15.8. The Morgan fingerprint density at radius 3 is 3.15 bits per heavy atom. The van der Waals surface area contributed by atoms with Gasteiger partial charge >= 0.3 is 0 Å². The van der Waals surface area contributed by atoms with Crippen LogP contribution in [0.5, 0.6) is 0 Å². The maximum absolute atomic E-state index is 4.76. The van der Waals surface area contributed by atoms with E-state index in [1.54, 1.807) is 6.20 Å². The van der Waals surface area contributed by atoms with Gasteiger partial charge in [0, 0.05) is 43.1 Å². The Balaban J connectivity index is 1.42. The fourth-order valence-electron chi connectivity index (χ4n) is 4.45. The molecule has 0 spiro atoms. The van der Waals surface area contributed by atoms with Crippen LogP contribution in [0, 0.1) is 5.92 Å². The van der Waals surface area contributed by atoms with E-state index in [0.717, 1.165) is 36.0 Å². The van der Waals surface area contributed by atoms with Gasteiger partial charge in [0.15, 0.2) is 0 Å². The molecule has 3 aromatic rings. The molecule has 0 aromatic carbocycles. The number of hydrogen-bond donors (Lipinski definition) is 4. The molecule has 1 saturated carbocycles. The highest BCUT2D eigenvalue weighted by atomic mass is 15.4. The van der Waals surface area contributed by atoms with Gasteiger partial charge < -0.3 is 10.3 Å². The molecule has 3 unspecified atom stereocenters. The molecule has 3 atom stereocenters. The van der Waals surface area contributed by atoms with Crippen LogP contribution in [0.15, 0.2) is 42.9 Å². The summed E-state index contributed by atoms with van der Waals surface area (Å²) in [5, 5.41) is 4.73. The van der Waals surface area contributed by atoms with E-state index in [0.29, 0.717) is 12.0 Å². The minimum absolute atomic E-state index is 0.573. The monoisotopic (exact) mass is 348 g/mol. The van der Waals surface area contributed by atoms with Crippen molar-refractivity contribution in [3.05, 3.63) is 54.0 Å². The zero-order valence-corrected chi connectivity index (χ0v) is 14.7. The topological polar surface area (TPSA) is 77.7 Å². The first-order valence-electron chi connectivity index (χ1n) is 9.46. The first-order valence-corrected chi connectivity index (χ1v) is 9.46. The second-order valence-electron chi connectivity index (χ2n) is 7.45. The van der Waals surface area contributed by atoms with E-state index in [4.69, 9.17) is 4.98 Å². The van der Waals surface area contributed by atoms with Gasteiger partial charge in [0.25, 0.3) is 0 Å². The van der Waals surface area contributed by atoms with E-state index in [-0.39, 0.29) is 0 Å². The summed E-state index contributed by atoms with van der Waals surface area (Å²) in [6.07, 6.45) is 9.39. The number of anilines is 1. The van der Waals surface area contributed by atoms with E-state index in [9.17, 15) is 0 Å². The minimum Gasteiger partial charge on any atom is -0.366 e. The maximum Gasteiger partial charge on any atom is 0.139 e. The summed E-state index contributed by atoms with van der Waals surface area (Å²) in [6.45, 7) is 1.83. The van der Waals surface area contributed by atoms with Gasteiger partial charge in [0.1, 0.15) is 11.5 Å². The van der Waals surface area contributed by atoms with E-state index in [1.807, 2.05) is 18.5 Å². The standard InChI is InChI=1S/C20H24N6/c1-2-13(10-21-6-1)11-23-19-9-17(16-5-7-22-20(16)25-19)14-3-4-15-12-24-26-18(15)8-14/h1-2,5-7,9-10,14-15,18,24,26H,3-4,8,11-12H2,(H2,22,23,25). The lowest BCUT2D eigenvalue weighted by Crippen LogP contribution is -2.35. The van der Waals surface area contributed by atoms with Crippen molar-refractivity contribution in [2.24, 2.45) is 5.92 Å². The fourth-order valence-corrected chi connectivity index (χ4v) is 4.45. The predicted molar refractivity (Wildman–Crippen MR) is 103 cm³/mol. The number of nitrogens with zero attached hydrogens (tertiary/aromatic N) is 2. The van der Waals surface area contributed by atoms with Gasteiger partial charge in [-0.15, -0.1) is 0 Å². The predicted octanol–water partition coefficient (Wildman–Crippen LogP) is 2.93. The van der Waals surface area contributed by atoms with Crippen LogP contribution in [0.2, 0.25) is 0 Å². The molecule has 1 saturated heterocycles. The second kappa shape index (κ2) is 6.70. The molecular weight excluding hydrogens is 324 g/mol. The summed E-state index contributed by atoms with van der Waals surface area (Å²) in [5.74, 6) is 2.28. The van der Waals surface area contributed by atoms with Crippen LogP contribution in [0.3, 0.4) is 0 Å². The molecule has 6 heteroatoms. The van der Waals surface area contributed by atoms with Crippen LogP contribution in [0.1, 0.15) is 36.3 Å². The van der Waals surface area contributed by atoms with Crippen LogP contribution in [-0.2, 0) is 6.54 Å². The van der Waals surface area contributed by atoms with Gasteiger partial charge in [0.05, 0.1) is 0 Å². The molecular formula is C20H24N6. The van der Waals surface area contributed by atoms with E-state index in [1.165, 1.54) is 30.2 Å². The van der Waals surface area contributed by atoms with Gasteiger partial charge in [-0.05, 0) is 60.4 Å². The van der Waals surface area contributed by atoms with Crippen LogP contribution in [-0.4, -0.2) is 27.5 Å². The first-order chi connectivity index (χ1) is 12.9. The number of rotatable bonds is 4. The van der Waals surface area contributed by atoms with E-state index < -0.39 is 0 Å². The minimum atomic E-state index is 0.573. The van der Waals surface area contributed by atoms with Crippen LogP contribution >= 0.6 is 0 Å². The third kappa shape index (κ3) is 2.95. The van der Waals surface area contributed by atoms with Crippen LogP contribution < -0.4 is 16.2 Å². The lowest BCUT2D eigenvalue weighted by molar-refractivity contribution is 0.304. The Kier molecular flexibility index (Phi) is 4.07. The normalized spacial score (nSPS) is 25.3. The van der Waals surface area contributed by atoms with Gasteiger partial charge in [0.2, 0.25) is 0 Å². The summed E-state index contributed by atoms with van der Waals surface area (Å²) in [7, 11) is 0. The Morgan fingerprint density at radius 2 is 2.23 bits per heavy atom. The van der Waals surface area contributed by atoms with E-state index >= 15 is 0 Å². The van der Waals surface area contributed by atoms with Gasteiger partial charge in [-0.1, -0.05) is 6.07 Å². The molecule has 1 aliphatic carbocycles. The maximum atomic E-state index is 4.76. The Morgan fingerprint density at radius 1 is 1.23 bits per heavy atom. The largest absolute Gasteiger partial charge is 0.366 e. The molecule has 0 radical (unpaired) electrons. The number of aromatic amines is 1. The number of fused-ring (bicyclic) bond motifs is 2. The quantitative estimate of drug-likeness (QED) is 0.583. The number of hydrogen-bond acceptors (Lipinski definition) is 5. The zero-order valence-electron chi connectivity index (χ0n) is 14.7. The smallest absolute Gasteiger partial charge is 0.139 e. The lowest BCUT2D eigenvalue weighted by Gasteiger charge is -2.31. The number of pyridine rings is 2. The van der Waals surface area contributed by atoms with Crippen molar-refractivity contribution < 1.29 is 0 Å². The summed E-state index contributed by atoms with van der Waals surface area (Å²) in [6, 6.07) is 9.04. The highest BCUT2D eigenvalue weighted by Crippen LogP contribution is 2.40. The molecule has 134 valence electrons. The number of H-pyrrole nitrogens is 1. The summed E-state index contributed by atoms with van der Waals surface area (Å²) in [4.78, 5) is 12.2. The van der Waals surface area contributed by atoms with Crippen molar-refractivity contribution >= 4 is 16.9 Å². The highest BCUT2D eigenvalue weighted by Gasteiger charge is 2.35. The molecule has 2 fully saturated rings. The summed E-state index contributed by atoms with van der Waals surface area (Å²) in [5.41, 5.74) is 10.3. The molecule has 4 heterocycles. The van der Waals surface area contributed by atoms with Crippen molar-refractivity contribution in [3.63, 3.8) is 0 Å². The van der Waals surface area contributed by atoms with Crippen molar-refractivity contribution in [2.45, 2.75) is 37.8 Å². The third-order valence-electron chi connectivity index (χ3n) is 5.84. The molecule has 5 rings (SSSR count). The highest BCUT2D eigenvalue weighted by molar-refractivity contribution is 5.82. The van der Waals surface area contributed by atoms with Gasteiger partial charge in [-0.3, -0.25) is 15.8 Å². The number of nitrogens with one attached hydrogen (secondary N) is 4. The SMILES string of the molecule is c1cncc(CNc2cc(C3CCC4CNNC4C3)c3cc[nH]c3n2)c1. The Labute approximate surface area is 152 Å². The molecule has 2 aliphatic rings. The molecule has 26 heavy (non-hydrogen) atoms. The van der Waals surface area contributed by atoms with Crippen molar-refractivity contribution in [1.29, 1.82) is 0 Å². The summed E-state index contributed by atoms with van der Waals surface area (Å²) < 4.78 is 0. The Bertz CT molecular complexity index is 890. The molecule has 1 aliphatic heterocycles. The molecule has 0 bridgehead atoms. The molecule has 3 aromatic heterocycles. The van der Waals surface area contributed by atoms with E-state index in [2.05, 4.69) is 44.3 Å². The van der Waals surface area contributed by atoms with Crippen molar-refractivity contribution in [2.75, 3.05) is 11.9 Å². The van der Waals surface area contributed by atoms with Crippen LogP contribution in [0.25, 0.3) is 11.0 Å².